The number of amides is 1. The molecule has 3 N–H and O–H groups in total. The van der Waals surface area contributed by atoms with E-state index in [-0.39, 0.29) is 10.7 Å². The van der Waals surface area contributed by atoms with Crippen LogP contribution >= 0.6 is 15.9 Å². The highest BCUT2D eigenvalue weighted by molar-refractivity contribution is 9.10. The number of benzene rings is 2. The first-order valence-electron chi connectivity index (χ1n) is 7.56. The van der Waals surface area contributed by atoms with Crippen molar-refractivity contribution in [2.75, 3.05) is 10.0 Å². The number of carbonyl (C=O) groups is 1. The third kappa shape index (κ3) is 4.12. The summed E-state index contributed by atoms with van der Waals surface area (Å²) >= 11 is 3.28. The fourth-order valence-corrected chi connectivity index (χ4v) is 3.44. The van der Waals surface area contributed by atoms with Crippen LogP contribution in [0.15, 0.2) is 64.1 Å². The zero-order valence-corrected chi connectivity index (χ0v) is 16.1. The third-order valence-corrected chi connectivity index (χ3v) is 5.39. The summed E-state index contributed by atoms with van der Waals surface area (Å²) in [5.41, 5.74) is 1.90. The minimum Gasteiger partial charge on any atom is -0.320 e. The molecule has 0 saturated carbocycles. The minimum atomic E-state index is -3.88. The molecular formula is C17H15BrN4O3S. The number of sulfonamides is 1. The zero-order chi connectivity index (χ0) is 18.7. The standard InChI is InChI=1S/C17H15BrN4O3S/c1-11-4-2-3-5-14(11)19-17(23)15-10-16(21-20-15)26(24,25)22-13-8-6-12(18)7-9-13/h2-10,22H,1H3,(H,19,23)(H,20,21). The fraction of sp³-hybridized carbons (Fsp3) is 0.0588. The van der Waals surface area contributed by atoms with Crippen LogP contribution in [0.4, 0.5) is 11.4 Å². The number of halogens is 1. The van der Waals surface area contributed by atoms with E-state index >= 15 is 0 Å². The van der Waals surface area contributed by atoms with E-state index in [1.165, 1.54) is 6.07 Å². The van der Waals surface area contributed by atoms with Gasteiger partial charge in [-0.3, -0.25) is 14.6 Å². The van der Waals surface area contributed by atoms with Gasteiger partial charge in [0, 0.05) is 21.9 Å². The second-order valence-electron chi connectivity index (χ2n) is 5.50. The molecule has 0 spiro atoms. The smallest absolute Gasteiger partial charge is 0.278 e. The molecule has 3 aromatic rings. The number of hydrogen-bond donors (Lipinski definition) is 3. The van der Waals surface area contributed by atoms with E-state index in [1.54, 1.807) is 36.4 Å². The van der Waals surface area contributed by atoms with Gasteiger partial charge in [0.2, 0.25) is 0 Å². The number of hydrogen-bond acceptors (Lipinski definition) is 4. The number of carbonyl (C=O) groups excluding carboxylic acids is 1. The summed E-state index contributed by atoms with van der Waals surface area (Å²) in [5.74, 6) is -0.499. The maximum absolute atomic E-state index is 12.4. The number of anilines is 2. The first-order valence-corrected chi connectivity index (χ1v) is 9.83. The molecule has 7 nitrogen and oxygen atoms in total. The fourth-order valence-electron chi connectivity index (χ4n) is 2.19. The summed E-state index contributed by atoms with van der Waals surface area (Å²) < 4.78 is 28.1. The number of para-hydroxylation sites is 1. The summed E-state index contributed by atoms with van der Waals surface area (Å²) in [5, 5.41) is 8.70. The Kier molecular flexibility index (Phi) is 5.10. The van der Waals surface area contributed by atoms with Gasteiger partial charge in [-0.2, -0.15) is 13.5 Å². The predicted octanol–water partition coefficient (Wildman–Crippen LogP) is 3.53. The van der Waals surface area contributed by atoms with Crippen LogP contribution in [0.2, 0.25) is 0 Å². The largest absolute Gasteiger partial charge is 0.320 e. The maximum Gasteiger partial charge on any atom is 0.278 e. The van der Waals surface area contributed by atoms with Crippen LogP contribution in [0.25, 0.3) is 0 Å². The number of rotatable bonds is 5. The van der Waals surface area contributed by atoms with E-state index in [0.29, 0.717) is 11.4 Å². The molecule has 0 saturated heterocycles. The molecule has 0 bridgehead atoms. The lowest BCUT2D eigenvalue weighted by atomic mass is 10.2. The molecule has 2 aromatic carbocycles. The topological polar surface area (TPSA) is 104 Å². The van der Waals surface area contributed by atoms with Gasteiger partial charge in [0.15, 0.2) is 10.7 Å². The molecule has 3 rings (SSSR count). The van der Waals surface area contributed by atoms with Crippen LogP contribution in [0.5, 0.6) is 0 Å². The molecule has 26 heavy (non-hydrogen) atoms. The van der Waals surface area contributed by atoms with Gasteiger partial charge in [-0.15, -0.1) is 0 Å². The SMILES string of the molecule is Cc1ccccc1NC(=O)c1cc(S(=O)(=O)Nc2ccc(Br)cc2)[nH]n1. The summed E-state index contributed by atoms with van der Waals surface area (Å²) in [6.07, 6.45) is 0. The molecule has 1 amide bonds. The van der Waals surface area contributed by atoms with Gasteiger partial charge in [-0.1, -0.05) is 34.1 Å². The molecule has 1 heterocycles. The normalized spacial score (nSPS) is 11.2. The van der Waals surface area contributed by atoms with Crippen molar-refractivity contribution in [3.8, 4) is 0 Å². The summed E-state index contributed by atoms with van der Waals surface area (Å²) in [6.45, 7) is 1.86. The van der Waals surface area contributed by atoms with E-state index in [1.807, 2.05) is 19.1 Å². The highest BCUT2D eigenvalue weighted by Crippen LogP contribution is 2.19. The van der Waals surface area contributed by atoms with Crippen LogP contribution in [-0.2, 0) is 10.0 Å². The second-order valence-corrected chi connectivity index (χ2v) is 8.07. The summed E-state index contributed by atoms with van der Waals surface area (Å²) in [6, 6.07) is 15.1. The Morgan fingerprint density at radius 2 is 1.81 bits per heavy atom. The van der Waals surface area contributed by atoms with Crippen molar-refractivity contribution in [2.45, 2.75) is 11.9 Å². The molecular weight excluding hydrogens is 420 g/mol. The van der Waals surface area contributed by atoms with Gasteiger partial charge >= 0.3 is 0 Å². The quantitative estimate of drug-likeness (QED) is 0.570. The van der Waals surface area contributed by atoms with Crippen molar-refractivity contribution in [1.29, 1.82) is 0 Å². The summed E-state index contributed by atoms with van der Waals surface area (Å²) in [7, 11) is -3.88. The van der Waals surface area contributed by atoms with E-state index in [2.05, 4.69) is 36.2 Å². The van der Waals surface area contributed by atoms with Crippen molar-refractivity contribution in [3.63, 3.8) is 0 Å². The lowest BCUT2D eigenvalue weighted by Crippen LogP contribution is -2.14. The molecule has 0 unspecified atom stereocenters. The molecule has 0 aliphatic rings. The van der Waals surface area contributed by atoms with E-state index < -0.39 is 15.9 Å². The summed E-state index contributed by atoms with van der Waals surface area (Å²) in [4.78, 5) is 12.3. The van der Waals surface area contributed by atoms with Gasteiger partial charge in [-0.05, 0) is 42.8 Å². The Labute approximate surface area is 159 Å². The van der Waals surface area contributed by atoms with E-state index in [0.717, 1.165) is 10.0 Å². The number of nitrogens with zero attached hydrogens (tertiary/aromatic N) is 1. The lowest BCUT2D eigenvalue weighted by molar-refractivity contribution is 0.102. The Bertz CT molecular complexity index is 1050. The van der Waals surface area contributed by atoms with Crippen molar-refractivity contribution in [1.82, 2.24) is 10.2 Å². The molecule has 0 aliphatic heterocycles. The predicted molar refractivity (Wildman–Crippen MR) is 103 cm³/mol. The first-order chi connectivity index (χ1) is 12.3. The van der Waals surface area contributed by atoms with Crippen LogP contribution in [0.3, 0.4) is 0 Å². The number of aryl methyl sites for hydroxylation is 1. The highest BCUT2D eigenvalue weighted by Gasteiger charge is 2.20. The van der Waals surface area contributed by atoms with Gasteiger partial charge in [0.25, 0.3) is 15.9 Å². The average Bonchev–Trinajstić information content (AvgIpc) is 3.10. The van der Waals surface area contributed by atoms with Gasteiger partial charge < -0.3 is 5.32 Å². The lowest BCUT2D eigenvalue weighted by Gasteiger charge is -2.06. The number of aromatic nitrogens is 2. The second kappa shape index (κ2) is 7.30. The number of aromatic amines is 1. The molecule has 134 valence electrons. The molecule has 1 aromatic heterocycles. The van der Waals surface area contributed by atoms with Crippen molar-refractivity contribution in [3.05, 3.63) is 70.3 Å². The maximum atomic E-state index is 12.4. The number of H-pyrrole nitrogens is 1. The molecule has 0 radical (unpaired) electrons. The van der Waals surface area contributed by atoms with Crippen LogP contribution in [0.1, 0.15) is 16.1 Å². The monoisotopic (exact) mass is 434 g/mol. The Balaban J connectivity index is 1.77. The molecule has 0 aliphatic carbocycles. The van der Waals surface area contributed by atoms with Gasteiger partial charge in [0.05, 0.1) is 0 Å². The third-order valence-electron chi connectivity index (χ3n) is 3.57. The Hall–Kier alpha value is -2.65. The van der Waals surface area contributed by atoms with Crippen molar-refractivity contribution >= 4 is 43.2 Å². The molecule has 9 heteroatoms. The Morgan fingerprint density at radius 3 is 2.50 bits per heavy atom. The van der Waals surface area contributed by atoms with Crippen molar-refractivity contribution < 1.29 is 13.2 Å². The minimum absolute atomic E-state index is 0.0237. The van der Waals surface area contributed by atoms with Crippen LogP contribution in [-0.4, -0.2) is 24.5 Å². The van der Waals surface area contributed by atoms with Gasteiger partial charge in [0.1, 0.15) is 0 Å². The number of nitrogens with one attached hydrogen (secondary N) is 3. The van der Waals surface area contributed by atoms with E-state index in [4.69, 9.17) is 0 Å². The zero-order valence-electron chi connectivity index (χ0n) is 13.7. The molecule has 0 atom stereocenters. The van der Waals surface area contributed by atoms with Crippen LogP contribution < -0.4 is 10.0 Å². The first kappa shape index (κ1) is 18.2. The highest BCUT2D eigenvalue weighted by atomic mass is 79.9. The molecule has 0 fully saturated rings. The van der Waals surface area contributed by atoms with Gasteiger partial charge in [-0.25, -0.2) is 0 Å². The van der Waals surface area contributed by atoms with Crippen LogP contribution in [0, 0.1) is 6.92 Å². The van der Waals surface area contributed by atoms with E-state index in [9.17, 15) is 13.2 Å². The van der Waals surface area contributed by atoms with Crippen molar-refractivity contribution in [2.24, 2.45) is 0 Å². The average molecular weight is 435 g/mol. The Morgan fingerprint density at radius 1 is 1.12 bits per heavy atom.